The summed E-state index contributed by atoms with van der Waals surface area (Å²) in [5, 5.41) is 0. The summed E-state index contributed by atoms with van der Waals surface area (Å²) in [6.45, 7) is 3.82. The van der Waals surface area contributed by atoms with Gasteiger partial charge in [-0.05, 0) is 38.2 Å². The Kier molecular flexibility index (Phi) is 5.91. The van der Waals surface area contributed by atoms with E-state index in [-0.39, 0.29) is 17.2 Å². The number of hydrogen-bond donors (Lipinski definition) is 0. The molecule has 5 heteroatoms. The number of rotatable bonds is 6. The molecule has 2 atom stereocenters. The van der Waals surface area contributed by atoms with Crippen molar-refractivity contribution < 1.29 is 9.59 Å². The van der Waals surface area contributed by atoms with E-state index in [0.29, 0.717) is 18.9 Å². The van der Waals surface area contributed by atoms with E-state index in [2.05, 4.69) is 31.1 Å². The molecule has 0 aliphatic carbocycles. The first-order valence-corrected chi connectivity index (χ1v) is 10.8. The predicted molar refractivity (Wildman–Crippen MR) is 118 cm³/mol. The van der Waals surface area contributed by atoms with Crippen LogP contribution in [0.3, 0.4) is 0 Å². The van der Waals surface area contributed by atoms with Gasteiger partial charge in [-0.1, -0.05) is 48.5 Å². The quantitative estimate of drug-likeness (QED) is 0.742. The zero-order chi connectivity index (χ0) is 21.1. The largest absolute Gasteiger partial charge is 0.342 e. The monoisotopic (exact) mass is 405 g/mol. The summed E-state index contributed by atoms with van der Waals surface area (Å²) >= 11 is 0. The Balaban J connectivity index is 1.43. The molecule has 4 rings (SSSR count). The molecule has 158 valence electrons. The number of hydrogen-bond acceptors (Lipinski definition) is 3. The highest BCUT2D eigenvalue weighted by Gasteiger charge is 2.54. The van der Waals surface area contributed by atoms with Gasteiger partial charge in [-0.2, -0.15) is 0 Å². The Bertz CT molecular complexity index is 884. The van der Waals surface area contributed by atoms with Gasteiger partial charge in [-0.25, -0.2) is 0 Å². The number of benzene rings is 2. The van der Waals surface area contributed by atoms with Gasteiger partial charge in [0.2, 0.25) is 5.91 Å². The third-order valence-corrected chi connectivity index (χ3v) is 6.52. The molecule has 2 fully saturated rings. The molecule has 0 radical (unpaired) electrons. The highest BCUT2D eigenvalue weighted by Crippen LogP contribution is 2.43. The van der Waals surface area contributed by atoms with Crippen LogP contribution >= 0.6 is 0 Å². The molecule has 2 amide bonds. The zero-order valence-corrected chi connectivity index (χ0v) is 18.0. The molecule has 2 saturated heterocycles. The number of likely N-dealkylation sites (tertiary alicyclic amines) is 2. The van der Waals surface area contributed by atoms with E-state index in [1.54, 1.807) is 0 Å². The molecule has 0 unspecified atom stereocenters. The summed E-state index contributed by atoms with van der Waals surface area (Å²) in [6.07, 6.45) is 1.32. The van der Waals surface area contributed by atoms with Crippen molar-refractivity contribution in [1.82, 2.24) is 14.7 Å². The summed E-state index contributed by atoms with van der Waals surface area (Å²) < 4.78 is 0. The summed E-state index contributed by atoms with van der Waals surface area (Å²) in [5.41, 5.74) is 1.90. The minimum Gasteiger partial charge on any atom is -0.342 e. The second-order valence-electron chi connectivity index (χ2n) is 9.11. The molecule has 30 heavy (non-hydrogen) atoms. The van der Waals surface area contributed by atoms with E-state index in [1.807, 2.05) is 58.3 Å². The smallest absolute Gasteiger partial charge is 0.253 e. The number of aryl methyl sites for hydroxylation is 1. The standard InChI is InChI=1S/C25H31N3O2/c1-26(2)17-25-18-27(23(29)14-13-20-9-5-3-6-10-20)15-22(25)16-28(19-25)24(30)21-11-7-4-8-12-21/h3-12,22H,13-19H2,1-2H3/t22-,25+/m0/s1. The molecule has 0 N–H and O–H groups in total. The maximum atomic E-state index is 13.0. The van der Waals surface area contributed by atoms with Crippen molar-refractivity contribution >= 4 is 11.8 Å². The van der Waals surface area contributed by atoms with Crippen LogP contribution in [0.25, 0.3) is 0 Å². The van der Waals surface area contributed by atoms with Crippen molar-refractivity contribution in [3.8, 4) is 0 Å². The molecule has 2 aliphatic heterocycles. The Hall–Kier alpha value is -2.66. The van der Waals surface area contributed by atoms with E-state index in [4.69, 9.17) is 0 Å². The van der Waals surface area contributed by atoms with Crippen molar-refractivity contribution in [3.63, 3.8) is 0 Å². The van der Waals surface area contributed by atoms with Crippen LogP contribution in [0, 0.1) is 11.3 Å². The lowest BCUT2D eigenvalue weighted by molar-refractivity contribution is -0.130. The Labute approximate surface area is 179 Å². The van der Waals surface area contributed by atoms with Gasteiger partial charge in [0.1, 0.15) is 0 Å². The second kappa shape index (κ2) is 8.60. The lowest BCUT2D eigenvalue weighted by Crippen LogP contribution is -2.43. The van der Waals surface area contributed by atoms with Gasteiger partial charge >= 0.3 is 0 Å². The normalized spacial score (nSPS) is 23.1. The number of carbonyl (C=O) groups is 2. The van der Waals surface area contributed by atoms with Crippen LogP contribution in [-0.4, -0.2) is 73.3 Å². The lowest BCUT2D eigenvalue weighted by Gasteiger charge is -2.32. The molecule has 2 aromatic carbocycles. The molecule has 0 saturated carbocycles. The Morgan fingerprint density at radius 3 is 2.20 bits per heavy atom. The van der Waals surface area contributed by atoms with E-state index < -0.39 is 0 Å². The second-order valence-corrected chi connectivity index (χ2v) is 9.11. The number of carbonyl (C=O) groups excluding carboxylic acids is 2. The Morgan fingerprint density at radius 1 is 0.933 bits per heavy atom. The molecular formula is C25H31N3O2. The summed E-state index contributed by atoms with van der Waals surface area (Å²) in [5.74, 6) is 0.658. The van der Waals surface area contributed by atoms with Crippen LogP contribution in [-0.2, 0) is 11.2 Å². The summed E-state index contributed by atoms with van der Waals surface area (Å²) in [6, 6.07) is 19.7. The van der Waals surface area contributed by atoms with Gasteiger partial charge in [0.25, 0.3) is 5.91 Å². The van der Waals surface area contributed by atoms with Crippen LogP contribution in [0.2, 0.25) is 0 Å². The van der Waals surface area contributed by atoms with Crippen LogP contribution in [0.4, 0.5) is 0 Å². The van der Waals surface area contributed by atoms with E-state index >= 15 is 0 Å². The van der Waals surface area contributed by atoms with E-state index in [9.17, 15) is 9.59 Å². The van der Waals surface area contributed by atoms with Crippen molar-refractivity contribution in [2.75, 3.05) is 46.8 Å². The minimum atomic E-state index is -0.0453. The van der Waals surface area contributed by atoms with Crippen LogP contribution < -0.4 is 0 Å². The molecule has 0 aromatic heterocycles. The zero-order valence-electron chi connectivity index (χ0n) is 18.0. The molecule has 0 spiro atoms. The van der Waals surface area contributed by atoms with Gasteiger partial charge in [0, 0.05) is 56.0 Å². The van der Waals surface area contributed by atoms with Gasteiger partial charge in [-0.15, -0.1) is 0 Å². The van der Waals surface area contributed by atoms with Crippen LogP contribution in [0.15, 0.2) is 60.7 Å². The number of amides is 2. The fraction of sp³-hybridized carbons (Fsp3) is 0.440. The maximum absolute atomic E-state index is 13.0. The van der Waals surface area contributed by atoms with Gasteiger partial charge in [0.15, 0.2) is 0 Å². The first-order valence-electron chi connectivity index (χ1n) is 10.8. The SMILES string of the molecule is CN(C)C[C@]12CN(C(=O)CCc3ccccc3)C[C@H]1CN(C(=O)c1ccccc1)C2. The van der Waals surface area contributed by atoms with Crippen molar-refractivity contribution in [2.45, 2.75) is 12.8 Å². The van der Waals surface area contributed by atoms with E-state index in [0.717, 1.165) is 38.2 Å². The fourth-order valence-electron chi connectivity index (χ4n) is 5.20. The molecule has 2 aliphatic rings. The Morgan fingerprint density at radius 2 is 1.53 bits per heavy atom. The van der Waals surface area contributed by atoms with Crippen LogP contribution in [0.5, 0.6) is 0 Å². The average molecular weight is 406 g/mol. The van der Waals surface area contributed by atoms with Gasteiger partial charge < -0.3 is 14.7 Å². The summed E-state index contributed by atoms with van der Waals surface area (Å²) in [7, 11) is 4.15. The molecule has 0 bridgehead atoms. The van der Waals surface area contributed by atoms with E-state index in [1.165, 1.54) is 5.56 Å². The third kappa shape index (κ3) is 4.26. The molecule has 2 aromatic rings. The first kappa shape index (κ1) is 20.6. The lowest BCUT2D eigenvalue weighted by atomic mass is 9.80. The molecule has 2 heterocycles. The fourth-order valence-corrected chi connectivity index (χ4v) is 5.20. The predicted octanol–water partition coefficient (Wildman–Crippen LogP) is 2.78. The summed E-state index contributed by atoms with van der Waals surface area (Å²) in [4.78, 5) is 32.2. The first-order chi connectivity index (χ1) is 14.5. The van der Waals surface area contributed by atoms with Crippen molar-refractivity contribution in [2.24, 2.45) is 11.3 Å². The highest BCUT2D eigenvalue weighted by molar-refractivity contribution is 5.94. The average Bonchev–Trinajstić information content (AvgIpc) is 3.26. The third-order valence-electron chi connectivity index (χ3n) is 6.52. The van der Waals surface area contributed by atoms with Crippen LogP contribution in [0.1, 0.15) is 22.3 Å². The van der Waals surface area contributed by atoms with Crippen molar-refractivity contribution in [1.29, 1.82) is 0 Å². The number of nitrogens with zero attached hydrogens (tertiary/aromatic N) is 3. The molecular weight excluding hydrogens is 374 g/mol. The number of fused-ring (bicyclic) bond motifs is 1. The van der Waals surface area contributed by atoms with Crippen molar-refractivity contribution in [3.05, 3.63) is 71.8 Å². The van der Waals surface area contributed by atoms with Gasteiger partial charge in [-0.3, -0.25) is 9.59 Å². The maximum Gasteiger partial charge on any atom is 0.253 e. The van der Waals surface area contributed by atoms with Gasteiger partial charge in [0.05, 0.1) is 0 Å². The molecule has 5 nitrogen and oxygen atoms in total. The topological polar surface area (TPSA) is 43.9 Å². The highest BCUT2D eigenvalue weighted by atomic mass is 16.2. The minimum absolute atomic E-state index is 0.0453.